The van der Waals surface area contributed by atoms with Gasteiger partial charge in [0.25, 0.3) is 8.32 Å². The molecule has 0 aromatic heterocycles. The van der Waals surface area contributed by atoms with E-state index < -0.39 is 25.9 Å². The second-order valence-electron chi connectivity index (χ2n) is 10.8. The van der Waals surface area contributed by atoms with Crippen LogP contribution >= 0.6 is 0 Å². The van der Waals surface area contributed by atoms with E-state index in [0.29, 0.717) is 0 Å². The molecule has 0 bridgehead atoms. The smallest absolute Gasteiger partial charge is 0.261 e. The first-order valence-corrected chi connectivity index (χ1v) is 14.6. The largest absolute Gasteiger partial charge is 0.405 e. The van der Waals surface area contributed by atoms with Crippen LogP contribution < -0.4 is 10.4 Å². The van der Waals surface area contributed by atoms with Gasteiger partial charge in [-0.1, -0.05) is 101 Å². The summed E-state index contributed by atoms with van der Waals surface area (Å²) in [6.45, 7) is 15.4. The average Bonchev–Trinajstić information content (AvgIpc) is 2.89. The standard InChI is InChI=1S/C30H46O6Si/c1-10-30(5,6)28(33-9)27(35-23-32-8)26(34-22-31-7)21-36-37(29(2,3)4,24-17-13-11-14-18-24)25-19-15-12-16-20-25/h10-20,26-28H,1,21-23H2,2-9H3/t26-,27+,28-/m1/s1. The van der Waals surface area contributed by atoms with Crippen LogP contribution in [0, 0.1) is 5.41 Å². The van der Waals surface area contributed by atoms with E-state index in [1.54, 1.807) is 21.3 Å². The van der Waals surface area contributed by atoms with Crippen LogP contribution in [-0.4, -0.2) is 68.2 Å². The summed E-state index contributed by atoms with van der Waals surface area (Å²) in [7, 11) is 2.08. The fourth-order valence-electron chi connectivity index (χ4n) is 4.88. The second kappa shape index (κ2) is 14.3. The minimum absolute atomic E-state index is 0.0871. The predicted octanol–water partition coefficient (Wildman–Crippen LogP) is 4.77. The van der Waals surface area contributed by atoms with Gasteiger partial charge in [-0.15, -0.1) is 6.58 Å². The van der Waals surface area contributed by atoms with Crippen LogP contribution in [0.4, 0.5) is 0 Å². The molecule has 6 nitrogen and oxygen atoms in total. The molecular weight excluding hydrogens is 484 g/mol. The van der Waals surface area contributed by atoms with Crippen LogP contribution in [0.3, 0.4) is 0 Å². The van der Waals surface area contributed by atoms with Crippen LogP contribution in [0.25, 0.3) is 0 Å². The Morgan fingerprint density at radius 3 is 1.68 bits per heavy atom. The lowest BCUT2D eigenvalue weighted by atomic mass is 9.82. The van der Waals surface area contributed by atoms with Crippen molar-refractivity contribution < 1.29 is 28.1 Å². The Hall–Kier alpha value is -1.84. The number of hydrogen-bond acceptors (Lipinski definition) is 6. The van der Waals surface area contributed by atoms with E-state index in [0.717, 1.165) is 0 Å². The van der Waals surface area contributed by atoms with Gasteiger partial charge in [0, 0.05) is 26.7 Å². The fraction of sp³-hybridized carbons (Fsp3) is 0.533. The van der Waals surface area contributed by atoms with E-state index in [2.05, 4.69) is 89.7 Å². The summed E-state index contributed by atoms with van der Waals surface area (Å²) >= 11 is 0. The first kappa shape index (κ1) is 31.4. The number of rotatable bonds is 16. The molecule has 2 rings (SSSR count). The molecule has 2 aromatic carbocycles. The number of ether oxygens (including phenoxy) is 5. The molecule has 0 amide bonds. The Bertz CT molecular complexity index is 873. The molecule has 0 saturated carbocycles. The highest BCUT2D eigenvalue weighted by Crippen LogP contribution is 2.37. The third-order valence-corrected chi connectivity index (χ3v) is 11.8. The Kier molecular flexibility index (Phi) is 12.2. The first-order valence-electron chi connectivity index (χ1n) is 12.7. The Labute approximate surface area is 225 Å². The molecule has 0 aliphatic heterocycles. The van der Waals surface area contributed by atoms with Crippen LogP contribution in [-0.2, 0) is 28.1 Å². The maximum atomic E-state index is 7.18. The molecule has 2 aromatic rings. The van der Waals surface area contributed by atoms with Crippen molar-refractivity contribution in [2.24, 2.45) is 5.41 Å². The average molecular weight is 531 g/mol. The lowest BCUT2D eigenvalue weighted by Crippen LogP contribution is -2.67. The van der Waals surface area contributed by atoms with E-state index in [1.807, 2.05) is 18.2 Å². The molecule has 0 fully saturated rings. The zero-order valence-electron chi connectivity index (χ0n) is 23.9. The topological polar surface area (TPSA) is 55.4 Å². The third kappa shape index (κ3) is 7.60. The zero-order valence-corrected chi connectivity index (χ0v) is 24.9. The first-order chi connectivity index (χ1) is 17.6. The van der Waals surface area contributed by atoms with Crippen molar-refractivity contribution in [3.63, 3.8) is 0 Å². The quantitative estimate of drug-likeness (QED) is 0.177. The molecule has 0 saturated heterocycles. The molecular formula is C30H46O6Si. The molecule has 0 heterocycles. The van der Waals surface area contributed by atoms with Crippen molar-refractivity contribution >= 4 is 18.7 Å². The van der Waals surface area contributed by atoms with E-state index >= 15 is 0 Å². The Balaban J connectivity index is 2.60. The van der Waals surface area contributed by atoms with Gasteiger partial charge in [-0.3, -0.25) is 0 Å². The summed E-state index contributed by atoms with van der Waals surface area (Å²) < 4.78 is 36.2. The summed E-state index contributed by atoms with van der Waals surface area (Å²) in [5.41, 5.74) is -0.404. The van der Waals surface area contributed by atoms with Crippen LogP contribution in [0.2, 0.25) is 5.04 Å². The van der Waals surface area contributed by atoms with Crippen molar-refractivity contribution in [1.82, 2.24) is 0 Å². The van der Waals surface area contributed by atoms with Gasteiger partial charge in [0.2, 0.25) is 0 Å². The molecule has 0 N–H and O–H groups in total. The van der Waals surface area contributed by atoms with E-state index in [-0.39, 0.29) is 31.3 Å². The van der Waals surface area contributed by atoms with E-state index in [9.17, 15) is 0 Å². The minimum atomic E-state index is -2.80. The zero-order chi connectivity index (χ0) is 27.5. The molecule has 37 heavy (non-hydrogen) atoms. The van der Waals surface area contributed by atoms with Gasteiger partial charge in [-0.2, -0.15) is 0 Å². The van der Waals surface area contributed by atoms with Gasteiger partial charge in [-0.25, -0.2) is 0 Å². The summed E-state index contributed by atoms with van der Waals surface area (Å²) in [6, 6.07) is 21.1. The predicted molar refractivity (Wildman–Crippen MR) is 152 cm³/mol. The molecule has 7 heteroatoms. The fourth-order valence-corrected chi connectivity index (χ4v) is 9.45. The third-order valence-electron chi connectivity index (χ3n) is 6.84. The van der Waals surface area contributed by atoms with Gasteiger partial charge in [0.1, 0.15) is 25.8 Å². The summed E-state index contributed by atoms with van der Waals surface area (Å²) in [4.78, 5) is 0. The Morgan fingerprint density at radius 1 is 0.784 bits per heavy atom. The number of hydrogen-bond donors (Lipinski definition) is 0. The van der Waals surface area contributed by atoms with Crippen LogP contribution in [0.1, 0.15) is 34.6 Å². The lowest BCUT2D eigenvalue weighted by Gasteiger charge is -2.45. The van der Waals surface area contributed by atoms with Gasteiger partial charge in [-0.05, 0) is 15.4 Å². The molecule has 3 atom stereocenters. The molecule has 0 radical (unpaired) electrons. The molecule has 0 unspecified atom stereocenters. The molecule has 0 aliphatic carbocycles. The summed E-state index contributed by atoms with van der Waals surface area (Å²) in [6.07, 6.45) is 0.498. The normalized spacial score (nSPS) is 15.2. The van der Waals surface area contributed by atoms with E-state index in [4.69, 9.17) is 28.1 Å². The minimum Gasteiger partial charge on any atom is -0.405 e. The lowest BCUT2D eigenvalue weighted by molar-refractivity contribution is -0.208. The van der Waals surface area contributed by atoms with Gasteiger partial charge >= 0.3 is 0 Å². The van der Waals surface area contributed by atoms with Crippen molar-refractivity contribution in [3.05, 3.63) is 73.3 Å². The maximum absolute atomic E-state index is 7.18. The Morgan fingerprint density at radius 2 is 1.27 bits per heavy atom. The van der Waals surface area contributed by atoms with Gasteiger partial charge < -0.3 is 28.1 Å². The SMILES string of the molecule is C=CC(C)(C)[C@H](OC)[C@@H](OCOC)[C@@H](CO[Si](c1ccccc1)(c1ccccc1)C(C)(C)C)OCOC. The molecule has 206 valence electrons. The number of benzene rings is 2. The maximum Gasteiger partial charge on any atom is 0.261 e. The molecule has 0 spiro atoms. The van der Waals surface area contributed by atoms with Crippen molar-refractivity contribution in [2.75, 3.05) is 41.5 Å². The van der Waals surface area contributed by atoms with Crippen molar-refractivity contribution in [1.29, 1.82) is 0 Å². The van der Waals surface area contributed by atoms with Crippen LogP contribution in [0.5, 0.6) is 0 Å². The van der Waals surface area contributed by atoms with E-state index in [1.165, 1.54) is 10.4 Å². The second-order valence-corrected chi connectivity index (χ2v) is 15.1. The van der Waals surface area contributed by atoms with Crippen LogP contribution in [0.15, 0.2) is 73.3 Å². The van der Waals surface area contributed by atoms with Gasteiger partial charge in [0.15, 0.2) is 0 Å². The summed E-state index contributed by atoms with van der Waals surface area (Å²) in [5, 5.41) is 2.22. The van der Waals surface area contributed by atoms with Crippen molar-refractivity contribution in [3.8, 4) is 0 Å². The highest BCUT2D eigenvalue weighted by molar-refractivity contribution is 6.99. The van der Waals surface area contributed by atoms with Gasteiger partial charge in [0.05, 0.1) is 12.7 Å². The monoisotopic (exact) mass is 530 g/mol. The highest BCUT2D eigenvalue weighted by atomic mass is 28.4. The molecule has 0 aliphatic rings. The highest BCUT2D eigenvalue weighted by Gasteiger charge is 2.51. The number of methoxy groups -OCH3 is 3. The van der Waals surface area contributed by atoms with Crippen molar-refractivity contribution in [2.45, 2.75) is 58.0 Å². The summed E-state index contributed by atoms with van der Waals surface area (Å²) in [5.74, 6) is 0.